The molecule has 0 heterocycles. The van der Waals surface area contributed by atoms with Gasteiger partial charge in [0.25, 0.3) is 0 Å². The Balaban J connectivity index is -0.00000128. The van der Waals surface area contributed by atoms with E-state index in [1.54, 1.807) is 0 Å². The van der Waals surface area contributed by atoms with E-state index in [2.05, 4.69) is 31.0 Å². The SMILES string of the molecule is CCCCCCCCCCCCOP(O)(=S)S.O.[Mo]. The quantitative estimate of drug-likeness (QED) is 0.218. The standard InChI is InChI=1S/C12H27O2PS2.Mo.H2O/c1-2-3-4-5-6-7-8-9-10-11-12-14-15(13,16)17;;/h2-12H2,1H3,(H2,13,16,17);;1H2. The smallest absolute Gasteiger partial charge is 0.241 e. The Morgan fingerprint density at radius 1 is 0.947 bits per heavy atom. The van der Waals surface area contributed by atoms with Crippen LogP contribution in [0.3, 0.4) is 0 Å². The summed E-state index contributed by atoms with van der Waals surface area (Å²) in [5.41, 5.74) is -2.72. The molecule has 0 saturated heterocycles. The van der Waals surface area contributed by atoms with Crippen molar-refractivity contribution in [1.29, 1.82) is 0 Å². The van der Waals surface area contributed by atoms with Gasteiger partial charge in [-0.15, -0.1) is 0 Å². The molecule has 19 heavy (non-hydrogen) atoms. The van der Waals surface area contributed by atoms with Gasteiger partial charge in [0.1, 0.15) is 0 Å². The molecule has 0 aromatic heterocycles. The predicted octanol–water partition coefficient (Wildman–Crippen LogP) is 4.24. The third-order valence-electron chi connectivity index (χ3n) is 2.76. The van der Waals surface area contributed by atoms with Gasteiger partial charge in [0.15, 0.2) is 0 Å². The predicted molar refractivity (Wildman–Crippen MR) is 86.9 cm³/mol. The number of hydrogen-bond acceptors (Lipinski definition) is 2. The fourth-order valence-corrected chi connectivity index (χ4v) is 2.61. The van der Waals surface area contributed by atoms with Gasteiger partial charge >= 0.3 is 0 Å². The summed E-state index contributed by atoms with van der Waals surface area (Å²) in [7, 11) is 0. The number of hydrogen-bond donors (Lipinski definition) is 2. The van der Waals surface area contributed by atoms with E-state index in [0.717, 1.165) is 12.8 Å². The third-order valence-corrected chi connectivity index (χ3v) is 3.94. The molecule has 3 nitrogen and oxygen atoms in total. The number of rotatable bonds is 12. The van der Waals surface area contributed by atoms with E-state index in [4.69, 9.17) is 9.42 Å². The van der Waals surface area contributed by atoms with Gasteiger partial charge in [-0.05, 0) is 18.2 Å². The second-order valence-electron chi connectivity index (χ2n) is 4.51. The molecule has 7 heteroatoms. The average molecular weight is 412 g/mol. The summed E-state index contributed by atoms with van der Waals surface area (Å²) in [6.07, 6.45) is 13.0. The Labute approximate surface area is 143 Å². The van der Waals surface area contributed by atoms with Gasteiger partial charge in [0.05, 0.1) is 6.61 Å². The van der Waals surface area contributed by atoms with Crippen molar-refractivity contribution in [2.45, 2.75) is 71.1 Å². The van der Waals surface area contributed by atoms with Crippen LogP contribution >= 0.6 is 17.9 Å². The van der Waals surface area contributed by atoms with Crippen molar-refractivity contribution in [3.63, 3.8) is 0 Å². The van der Waals surface area contributed by atoms with Crippen LogP contribution in [0.25, 0.3) is 0 Å². The van der Waals surface area contributed by atoms with Crippen LogP contribution < -0.4 is 0 Å². The molecule has 118 valence electrons. The maximum atomic E-state index is 9.13. The molecule has 0 aliphatic rings. The van der Waals surface area contributed by atoms with Crippen molar-refractivity contribution in [3.05, 3.63) is 0 Å². The van der Waals surface area contributed by atoms with Crippen LogP contribution in [0, 0.1) is 0 Å². The number of unbranched alkanes of at least 4 members (excludes halogenated alkanes) is 9. The minimum atomic E-state index is -2.72. The van der Waals surface area contributed by atoms with Gasteiger partial charge in [-0.3, -0.25) is 0 Å². The summed E-state index contributed by atoms with van der Waals surface area (Å²) in [5.74, 6) is 0. The first-order chi connectivity index (χ1) is 8.06. The van der Waals surface area contributed by atoms with Crippen molar-refractivity contribution in [2.24, 2.45) is 0 Å². The molecule has 0 aromatic rings. The zero-order valence-corrected chi connectivity index (χ0v) is 16.5. The van der Waals surface area contributed by atoms with E-state index in [0.29, 0.717) is 6.61 Å². The van der Waals surface area contributed by atoms with Crippen molar-refractivity contribution < 1.29 is 36.0 Å². The van der Waals surface area contributed by atoms with E-state index in [1.807, 2.05) is 0 Å². The minimum absolute atomic E-state index is 0. The normalized spacial score (nSPS) is 13.2. The average Bonchev–Trinajstić information content (AvgIpc) is 2.24. The summed E-state index contributed by atoms with van der Waals surface area (Å²) in [6, 6.07) is 0. The first kappa shape index (κ1) is 25.5. The fraction of sp³-hybridized carbons (Fsp3) is 1.00. The molecular formula is C12H29MoO3PS2. The van der Waals surface area contributed by atoms with Crippen LogP contribution in [0.2, 0.25) is 0 Å². The van der Waals surface area contributed by atoms with E-state index >= 15 is 0 Å². The maximum Gasteiger partial charge on any atom is 0.241 e. The molecule has 0 spiro atoms. The van der Waals surface area contributed by atoms with E-state index in [1.165, 1.54) is 51.4 Å². The third kappa shape index (κ3) is 24.9. The Kier molecular flexibility index (Phi) is 23.7. The zero-order chi connectivity index (χ0) is 13.0. The molecule has 1 unspecified atom stereocenters. The number of thiol groups is 1. The summed E-state index contributed by atoms with van der Waals surface area (Å²) >= 11 is 8.48. The molecule has 0 aliphatic heterocycles. The van der Waals surface area contributed by atoms with Crippen LogP contribution in [0.4, 0.5) is 0 Å². The Morgan fingerprint density at radius 2 is 1.32 bits per heavy atom. The molecule has 3 N–H and O–H groups in total. The van der Waals surface area contributed by atoms with Gasteiger partial charge in [-0.25, -0.2) is 0 Å². The Bertz CT molecular complexity index is 215. The molecule has 0 aromatic carbocycles. The Morgan fingerprint density at radius 3 is 1.68 bits per heavy atom. The van der Waals surface area contributed by atoms with Crippen LogP contribution in [-0.4, -0.2) is 17.0 Å². The molecule has 0 radical (unpaired) electrons. The molecule has 0 amide bonds. The van der Waals surface area contributed by atoms with Gasteiger partial charge in [0, 0.05) is 21.1 Å². The molecular weight excluding hydrogens is 383 g/mol. The van der Waals surface area contributed by atoms with Crippen LogP contribution in [0.15, 0.2) is 0 Å². The van der Waals surface area contributed by atoms with Crippen LogP contribution in [0.1, 0.15) is 71.1 Å². The summed E-state index contributed by atoms with van der Waals surface area (Å²) in [6.45, 7) is 2.80. The molecule has 1 atom stereocenters. The van der Waals surface area contributed by atoms with E-state index < -0.39 is 5.69 Å². The van der Waals surface area contributed by atoms with E-state index in [9.17, 15) is 0 Å². The maximum absolute atomic E-state index is 9.13. The van der Waals surface area contributed by atoms with E-state index in [-0.39, 0.29) is 26.5 Å². The first-order valence-electron chi connectivity index (χ1n) is 6.76. The largest absolute Gasteiger partial charge is 0.412 e. The second kappa shape index (κ2) is 17.6. The molecule has 0 saturated carbocycles. The summed E-state index contributed by atoms with van der Waals surface area (Å²) < 4.78 is 5.05. The minimum Gasteiger partial charge on any atom is -0.412 e. The monoisotopic (exact) mass is 414 g/mol. The fourth-order valence-electron chi connectivity index (χ4n) is 1.77. The second-order valence-corrected chi connectivity index (χ2v) is 9.67. The van der Waals surface area contributed by atoms with Gasteiger partial charge in [0.2, 0.25) is 5.69 Å². The van der Waals surface area contributed by atoms with Crippen molar-refractivity contribution in [1.82, 2.24) is 0 Å². The summed E-state index contributed by atoms with van der Waals surface area (Å²) in [5, 5.41) is 0. The van der Waals surface area contributed by atoms with Gasteiger partial charge in [-0.1, -0.05) is 77.0 Å². The first-order valence-corrected chi connectivity index (χ1v) is 10.6. The van der Waals surface area contributed by atoms with Crippen LogP contribution in [-0.2, 0) is 37.4 Å². The van der Waals surface area contributed by atoms with Crippen molar-refractivity contribution >= 4 is 29.7 Å². The van der Waals surface area contributed by atoms with Gasteiger partial charge < -0.3 is 14.9 Å². The topological polar surface area (TPSA) is 61.0 Å². The van der Waals surface area contributed by atoms with Crippen LogP contribution in [0.5, 0.6) is 0 Å². The molecule has 0 bridgehead atoms. The molecule has 0 fully saturated rings. The van der Waals surface area contributed by atoms with Crippen molar-refractivity contribution in [2.75, 3.05) is 6.61 Å². The van der Waals surface area contributed by atoms with Crippen molar-refractivity contribution in [3.8, 4) is 0 Å². The zero-order valence-electron chi connectivity index (χ0n) is 11.8. The summed E-state index contributed by atoms with van der Waals surface area (Å²) in [4.78, 5) is 9.13. The Hall–Kier alpha value is 1.57. The van der Waals surface area contributed by atoms with Gasteiger partial charge in [-0.2, -0.15) is 0 Å². The molecule has 0 rings (SSSR count). The molecule has 0 aliphatic carbocycles.